The smallest absolute Gasteiger partial charge is 0.185 e. The standard InChI is InChI=1S/C16H29N3OS/c1-4-5-14-6-9-19(10-7-14)16-18-13(2)15(21-16)12-17-8-11-20-3/h14,17H,4-12H2,1-3H3. The predicted molar refractivity (Wildman–Crippen MR) is 90.3 cm³/mol. The summed E-state index contributed by atoms with van der Waals surface area (Å²) in [5.74, 6) is 0.933. The van der Waals surface area contributed by atoms with Gasteiger partial charge in [-0.25, -0.2) is 4.98 Å². The summed E-state index contributed by atoms with van der Waals surface area (Å²) in [5.41, 5.74) is 1.18. The van der Waals surface area contributed by atoms with E-state index >= 15 is 0 Å². The molecule has 1 aliphatic heterocycles. The van der Waals surface area contributed by atoms with Gasteiger partial charge in [0.1, 0.15) is 0 Å². The number of thiazole rings is 1. The van der Waals surface area contributed by atoms with E-state index in [2.05, 4.69) is 24.1 Å². The van der Waals surface area contributed by atoms with Crippen LogP contribution < -0.4 is 10.2 Å². The molecule has 0 saturated carbocycles. The summed E-state index contributed by atoms with van der Waals surface area (Å²) < 4.78 is 5.06. The summed E-state index contributed by atoms with van der Waals surface area (Å²) in [6.45, 7) is 9.32. The Labute approximate surface area is 132 Å². The van der Waals surface area contributed by atoms with Crippen LogP contribution in [0.5, 0.6) is 0 Å². The second-order valence-corrected chi connectivity index (χ2v) is 6.96. The van der Waals surface area contributed by atoms with Crippen LogP contribution >= 0.6 is 11.3 Å². The van der Waals surface area contributed by atoms with Crippen molar-refractivity contribution >= 4 is 16.5 Å². The fourth-order valence-electron chi connectivity index (χ4n) is 2.91. The highest BCUT2D eigenvalue weighted by Crippen LogP contribution is 2.30. The zero-order valence-corrected chi connectivity index (χ0v) is 14.5. The molecule has 2 rings (SSSR count). The fourth-order valence-corrected chi connectivity index (χ4v) is 3.99. The van der Waals surface area contributed by atoms with E-state index in [1.54, 1.807) is 7.11 Å². The van der Waals surface area contributed by atoms with Crippen molar-refractivity contribution < 1.29 is 4.74 Å². The molecule has 120 valence electrons. The summed E-state index contributed by atoms with van der Waals surface area (Å²) in [7, 11) is 1.74. The van der Waals surface area contributed by atoms with Gasteiger partial charge in [0.25, 0.3) is 0 Å². The van der Waals surface area contributed by atoms with Gasteiger partial charge >= 0.3 is 0 Å². The first-order valence-electron chi connectivity index (χ1n) is 8.15. The first kappa shape index (κ1) is 16.7. The Hall–Kier alpha value is -0.650. The molecule has 21 heavy (non-hydrogen) atoms. The third-order valence-electron chi connectivity index (χ3n) is 4.23. The average Bonchev–Trinajstić information content (AvgIpc) is 2.86. The highest BCUT2D eigenvalue weighted by molar-refractivity contribution is 7.15. The van der Waals surface area contributed by atoms with Crippen LogP contribution in [0.1, 0.15) is 43.2 Å². The summed E-state index contributed by atoms with van der Waals surface area (Å²) in [5, 5.41) is 4.62. The largest absolute Gasteiger partial charge is 0.383 e. The molecule has 0 aliphatic carbocycles. The molecule has 1 saturated heterocycles. The summed E-state index contributed by atoms with van der Waals surface area (Å²) in [4.78, 5) is 8.61. The third kappa shape index (κ3) is 4.94. The monoisotopic (exact) mass is 311 g/mol. The number of piperidine rings is 1. The molecule has 0 unspecified atom stereocenters. The van der Waals surface area contributed by atoms with Crippen LogP contribution in [0.2, 0.25) is 0 Å². The number of ether oxygens (including phenoxy) is 1. The van der Waals surface area contributed by atoms with Crippen LogP contribution in [-0.4, -0.2) is 38.3 Å². The van der Waals surface area contributed by atoms with Crippen molar-refractivity contribution in [3.63, 3.8) is 0 Å². The van der Waals surface area contributed by atoms with Crippen LogP contribution in [0.3, 0.4) is 0 Å². The second kappa shape index (κ2) is 8.71. The minimum Gasteiger partial charge on any atom is -0.383 e. The lowest BCUT2D eigenvalue weighted by Gasteiger charge is -2.31. The minimum atomic E-state index is 0.760. The summed E-state index contributed by atoms with van der Waals surface area (Å²) in [6.07, 6.45) is 5.36. The Morgan fingerprint density at radius 3 is 2.81 bits per heavy atom. The second-order valence-electron chi connectivity index (χ2n) is 5.89. The molecule has 0 amide bonds. The van der Waals surface area contributed by atoms with Crippen LogP contribution in [0.4, 0.5) is 5.13 Å². The molecule has 0 atom stereocenters. The summed E-state index contributed by atoms with van der Waals surface area (Å²) in [6, 6.07) is 0. The van der Waals surface area contributed by atoms with E-state index in [-0.39, 0.29) is 0 Å². The normalized spacial score (nSPS) is 16.6. The van der Waals surface area contributed by atoms with Crippen molar-refractivity contribution in [3.05, 3.63) is 10.6 Å². The zero-order valence-electron chi connectivity index (χ0n) is 13.7. The number of rotatable bonds is 8. The molecule has 0 radical (unpaired) electrons. The number of methoxy groups -OCH3 is 1. The van der Waals surface area contributed by atoms with Crippen molar-refractivity contribution in [2.75, 3.05) is 38.3 Å². The SMILES string of the molecule is CCCC1CCN(c2nc(C)c(CNCCOC)s2)CC1. The molecule has 0 bridgehead atoms. The highest BCUT2D eigenvalue weighted by atomic mass is 32.1. The Morgan fingerprint density at radius 1 is 1.38 bits per heavy atom. The van der Waals surface area contributed by atoms with Gasteiger partial charge in [0.2, 0.25) is 0 Å². The number of hydrogen-bond acceptors (Lipinski definition) is 5. The molecule has 2 heterocycles. The number of aromatic nitrogens is 1. The van der Waals surface area contributed by atoms with E-state index in [1.807, 2.05) is 11.3 Å². The number of nitrogens with one attached hydrogen (secondary N) is 1. The van der Waals surface area contributed by atoms with Crippen LogP contribution in [0.15, 0.2) is 0 Å². The lowest BCUT2D eigenvalue weighted by Crippen LogP contribution is -2.33. The van der Waals surface area contributed by atoms with Crippen molar-refractivity contribution in [2.45, 2.75) is 46.1 Å². The van der Waals surface area contributed by atoms with E-state index < -0.39 is 0 Å². The molecule has 1 aromatic rings. The van der Waals surface area contributed by atoms with E-state index in [9.17, 15) is 0 Å². The molecule has 1 aliphatic rings. The lowest BCUT2D eigenvalue weighted by molar-refractivity contribution is 0.199. The summed E-state index contributed by atoms with van der Waals surface area (Å²) >= 11 is 1.85. The minimum absolute atomic E-state index is 0.760. The molecule has 1 fully saturated rings. The third-order valence-corrected chi connectivity index (χ3v) is 5.45. The molecule has 0 spiro atoms. The first-order chi connectivity index (χ1) is 10.2. The van der Waals surface area contributed by atoms with E-state index in [0.29, 0.717) is 0 Å². The molecule has 4 nitrogen and oxygen atoms in total. The van der Waals surface area contributed by atoms with Crippen molar-refractivity contribution in [1.29, 1.82) is 0 Å². The quantitative estimate of drug-likeness (QED) is 0.748. The van der Waals surface area contributed by atoms with Gasteiger partial charge in [-0.2, -0.15) is 0 Å². The van der Waals surface area contributed by atoms with Crippen molar-refractivity contribution in [2.24, 2.45) is 5.92 Å². The molecule has 1 N–H and O–H groups in total. The van der Waals surface area contributed by atoms with Gasteiger partial charge in [-0.1, -0.05) is 19.8 Å². The maximum Gasteiger partial charge on any atom is 0.185 e. The van der Waals surface area contributed by atoms with E-state index in [1.165, 1.54) is 54.5 Å². The van der Waals surface area contributed by atoms with Gasteiger partial charge < -0.3 is 15.0 Å². The number of nitrogens with zero attached hydrogens (tertiary/aromatic N) is 2. The average molecular weight is 311 g/mol. The van der Waals surface area contributed by atoms with Crippen LogP contribution in [0, 0.1) is 12.8 Å². The first-order valence-corrected chi connectivity index (χ1v) is 8.97. The number of aryl methyl sites for hydroxylation is 1. The Kier molecular flexibility index (Phi) is 6.93. The van der Waals surface area contributed by atoms with Gasteiger partial charge in [-0.3, -0.25) is 0 Å². The fraction of sp³-hybridized carbons (Fsp3) is 0.812. The number of anilines is 1. The molecule has 1 aromatic heterocycles. The van der Waals surface area contributed by atoms with Gasteiger partial charge in [0.05, 0.1) is 12.3 Å². The number of hydrogen-bond donors (Lipinski definition) is 1. The molecular formula is C16H29N3OS. The maximum absolute atomic E-state index is 5.06. The lowest BCUT2D eigenvalue weighted by atomic mass is 9.93. The highest BCUT2D eigenvalue weighted by Gasteiger charge is 2.21. The van der Waals surface area contributed by atoms with Crippen molar-refractivity contribution in [3.8, 4) is 0 Å². The Bertz CT molecular complexity index is 414. The molecule has 0 aromatic carbocycles. The van der Waals surface area contributed by atoms with Crippen LogP contribution in [0.25, 0.3) is 0 Å². The van der Waals surface area contributed by atoms with Gasteiger partial charge in [-0.05, 0) is 25.7 Å². The predicted octanol–water partition coefficient (Wildman–Crippen LogP) is 3.20. The van der Waals surface area contributed by atoms with Gasteiger partial charge in [0, 0.05) is 38.2 Å². The topological polar surface area (TPSA) is 37.4 Å². The molecular weight excluding hydrogens is 282 g/mol. The van der Waals surface area contributed by atoms with Gasteiger partial charge in [-0.15, -0.1) is 11.3 Å². The Balaban J connectivity index is 1.84. The van der Waals surface area contributed by atoms with E-state index in [0.717, 1.165) is 25.6 Å². The van der Waals surface area contributed by atoms with Crippen LogP contribution in [-0.2, 0) is 11.3 Å². The zero-order chi connectivity index (χ0) is 15.1. The Morgan fingerprint density at radius 2 is 2.14 bits per heavy atom. The van der Waals surface area contributed by atoms with E-state index in [4.69, 9.17) is 9.72 Å². The van der Waals surface area contributed by atoms with Gasteiger partial charge in [0.15, 0.2) is 5.13 Å². The van der Waals surface area contributed by atoms with Crippen molar-refractivity contribution in [1.82, 2.24) is 10.3 Å². The maximum atomic E-state index is 5.06. The molecule has 5 heteroatoms.